The molecule has 0 amide bonds. The average molecular weight is 234 g/mol. The second-order valence-electron chi connectivity index (χ2n) is 2.50. The number of hydrogen-bond acceptors (Lipinski definition) is 4. The maximum Gasteiger partial charge on any atom is 0.342 e. The first-order valence-electron chi connectivity index (χ1n) is 3.69. The van der Waals surface area contributed by atoms with Crippen LogP contribution in [0.2, 0.25) is 5.02 Å². The van der Waals surface area contributed by atoms with Gasteiger partial charge in [0, 0.05) is 6.07 Å². The molecule has 1 aromatic carbocycles. The number of nitrogens with zero attached hydrogens (tertiary/aromatic N) is 1. The highest BCUT2D eigenvalue weighted by atomic mass is 35.5. The largest absolute Gasteiger partial charge is 0.465 e. The molecule has 0 bridgehead atoms. The van der Waals surface area contributed by atoms with E-state index in [-0.39, 0.29) is 0 Å². The molecule has 7 heteroatoms. The zero-order valence-corrected chi connectivity index (χ0v) is 8.25. The third-order valence-corrected chi connectivity index (χ3v) is 2.04. The van der Waals surface area contributed by atoms with Crippen LogP contribution in [0.3, 0.4) is 0 Å². The topological polar surface area (TPSA) is 69.4 Å². The standard InChI is InChI=1S/C8H5ClFNO4/c1-15-8(12)6-4(10)2-3-5(7(6)9)11(13)14/h2-3H,1H3. The average Bonchev–Trinajstić information content (AvgIpc) is 2.16. The molecule has 0 unspecified atom stereocenters. The van der Waals surface area contributed by atoms with Crippen LogP contribution in [0.15, 0.2) is 12.1 Å². The number of carbonyl (C=O) groups is 1. The van der Waals surface area contributed by atoms with Gasteiger partial charge < -0.3 is 4.74 Å². The van der Waals surface area contributed by atoms with Gasteiger partial charge in [0.15, 0.2) is 0 Å². The second-order valence-corrected chi connectivity index (χ2v) is 2.88. The van der Waals surface area contributed by atoms with Crippen LogP contribution in [0.1, 0.15) is 10.4 Å². The van der Waals surface area contributed by atoms with Crippen LogP contribution in [0.4, 0.5) is 10.1 Å². The Morgan fingerprint density at radius 1 is 1.60 bits per heavy atom. The fourth-order valence-electron chi connectivity index (χ4n) is 0.972. The first kappa shape index (κ1) is 11.4. The molecule has 0 aliphatic carbocycles. The summed E-state index contributed by atoms with van der Waals surface area (Å²) in [5, 5.41) is 9.88. The highest BCUT2D eigenvalue weighted by Gasteiger charge is 2.24. The summed E-state index contributed by atoms with van der Waals surface area (Å²) in [4.78, 5) is 20.7. The van der Waals surface area contributed by atoms with Crippen LogP contribution in [-0.4, -0.2) is 18.0 Å². The smallest absolute Gasteiger partial charge is 0.342 e. The SMILES string of the molecule is COC(=O)c1c(F)ccc([N+](=O)[O-])c1Cl. The number of methoxy groups -OCH3 is 1. The van der Waals surface area contributed by atoms with Gasteiger partial charge >= 0.3 is 5.97 Å². The Kier molecular flexibility index (Phi) is 3.21. The molecule has 15 heavy (non-hydrogen) atoms. The first-order valence-corrected chi connectivity index (χ1v) is 4.07. The van der Waals surface area contributed by atoms with Crippen molar-refractivity contribution < 1.29 is 18.8 Å². The Bertz CT molecular complexity index is 435. The van der Waals surface area contributed by atoms with E-state index >= 15 is 0 Å². The summed E-state index contributed by atoms with van der Waals surface area (Å²) in [5.74, 6) is -2.02. The Balaban J connectivity index is 3.43. The maximum absolute atomic E-state index is 13.1. The number of carbonyl (C=O) groups excluding carboxylic acids is 1. The van der Waals surface area contributed by atoms with Crippen LogP contribution in [0.5, 0.6) is 0 Å². The monoisotopic (exact) mass is 233 g/mol. The lowest BCUT2D eigenvalue weighted by molar-refractivity contribution is -0.384. The summed E-state index contributed by atoms with van der Waals surface area (Å²) in [6.07, 6.45) is 0. The molecule has 1 aromatic rings. The molecule has 0 atom stereocenters. The Labute approximate surface area is 88.6 Å². The van der Waals surface area contributed by atoms with E-state index < -0.39 is 33.0 Å². The van der Waals surface area contributed by atoms with Crippen molar-refractivity contribution in [1.82, 2.24) is 0 Å². The van der Waals surface area contributed by atoms with E-state index in [0.29, 0.717) is 0 Å². The number of benzene rings is 1. The van der Waals surface area contributed by atoms with Gasteiger partial charge in [0.05, 0.1) is 12.0 Å². The van der Waals surface area contributed by atoms with Crippen LogP contribution in [0, 0.1) is 15.9 Å². The molecule has 0 fully saturated rings. The van der Waals surface area contributed by atoms with E-state index in [9.17, 15) is 19.3 Å². The number of rotatable bonds is 2. The molecule has 5 nitrogen and oxygen atoms in total. The fourth-order valence-corrected chi connectivity index (χ4v) is 1.27. The van der Waals surface area contributed by atoms with E-state index in [0.717, 1.165) is 19.2 Å². The van der Waals surface area contributed by atoms with Gasteiger partial charge in [0.25, 0.3) is 5.69 Å². The Morgan fingerprint density at radius 2 is 2.20 bits per heavy atom. The summed E-state index contributed by atoms with van der Waals surface area (Å²) < 4.78 is 17.4. The molecule has 0 saturated heterocycles. The van der Waals surface area contributed by atoms with E-state index in [1.54, 1.807) is 0 Å². The Morgan fingerprint density at radius 3 is 2.67 bits per heavy atom. The van der Waals surface area contributed by atoms with Crippen molar-refractivity contribution in [2.45, 2.75) is 0 Å². The highest BCUT2D eigenvalue weighted by molar-refractivity contribution is 6.35. The highest BCUT2D eigenvalue weighted by Crippen LogP contribution is 2.30. The molecule has 0 radical (unpaired) electrons. The summed E-state index contributed by atoms with van der Waals surface area (Å²) in [6.45, 7) is 0. The van der Waals surface area contributed by atoms with Crippen molar-refractivity contribution in [2.75, 3.05) is 7.11 Å². The van der Waals surface area contributed by atoms with Gasteiger partial charge in [-0.05, 0) is 6.07 Å². The van der Waals surface area contributed by atoms with Crippen LogP contribution >= 0.6 is 11.6 Å². The molecule has 80 valence electrons. The summed E-state index contributed by atoms with van der Waals surface area (Å²) in [7, 11) is 1.02. The maximum atomic E-state index is 13.1. The summed E-state index contributed by atoms with van der Waals surface area (Å²) in [5.41, 5.74) is -1.17. The van der Waals surface area contributed by atoms with E-state index in [4.69, 9.17) is 11.6 Å². The van der Waals surface area contributed by atoms with Crippen LogP contribution in [0.25, 0.3) is 0 Å². The number of esters is 1. The van der Waals surface area contributed by atoms with Crippen LogP contribution < -0.4 is 0 Å². The lowest BCUT2D eigenvalue weighted by Gasteiger charge is -2.03. The van der Waals surface area contributed by atoms with Gasteiger partial charge in [-0.2, -0.15) is 0 Å². The molecule has 0 aliphatic rings. The molecule has 0 saturated carbocycles. The number of nitro groups is 1. The van der Waals surface area contributed by atoms with Gasteiger partial charge in [-0.1, -0.05) is 11.6 Å². The van der Waals surface area contributed by atoms with E-state index in [1.807, 2.05) is 0 Å². The molecule has 0 spiro atoms. The molecular weight excluding hydrogens is 229 g/mol. The zero-order chi connectivity index (χ0) is 11.6. The van der Waals surface area contributed by atoms with Crippen molar-refractivity contribution in [1.29, 1.82) is 0 Å². The lowest BCUT2D eigenvalue weighted by Crippen LogP contribution is -2.07. The number of hydrogen-bond donors (Lipinski definition) is 0. The van der Waals surface area contributed by atoms with E-state index in [2.05, 4.69) is 4.74 Å². The predicted octanol–water partition coefficient (Wildman–Crippen LogP) is 2.17. The molecule has 0 N–H and O–H groups in total. The molecule has 1 rings (SSSR count). The van der Waals surface area contributed by atoms with Gasteiger partial charge in [-0.3, -0.25) is 10.1 Å². The zero-order valence-electron chi connectivity index (χ0n) is 7.49. The third-order valence-electron chi connectivity index (χ3n) is 1.66. The van der Waals surface area contributed by atoms with Gasteiger partial charge in [0.2, 0.25) is 0 Å². The first-order chi connectivity index (χ1) is 6.99. The molecule has 0 aromatic heterocycles. The molecule has 0 heterocycles. The minimum absolute atomic E-state index is 0.543. The minimum Gasteiger partial charge on any atom is -0.465 e. The van der Waals surface area contributed by atoms with Gasteiger partial charge in [-0.15, -0.1) is 0 Å². The van der Waals surface area contributed by atoms with E-state index in [1.165, 1.54) is 0 Å². The van der Waals surface area contributed by atoms with Crippen molar-refractivity contribution in [3.05, 3.63) is 38.7 Å². The number of halogens is 2. The Hall–Kier alpha value is -1.69. The lowest BCUT2D eigenvalue weighted by atomic mass is 10.2. The molecule has 0 aliphatic heterocycles. The second kappa shape index (κ2) is 4.22. The van der Waals surface area contributed by atoms with Crippen molar-refractivity contribution >= 4 is 23.3 Å². The quantitative estimate of drug-likeness (QED) is 0.446. The van der Waals surface area contributed by atoms with Crippen molar-refractivity contribution in [3.8, 4) is 0 Å². The fraction of sp³-hybridized carbons (Fsp3) is 0.125. The summed E-state index contributed by atoms with van der Waals surface area (Å²) in [6, 6.07) is 1.67. The number of ether oxygens (including phenoxy) is 1. The normalized spacial score (nSPS) is 9.80. The third kappa shape index (κ3) is 2.04. The minimum atomic E-state index is -1.05. The predicted molar refractivity (Wildman–Crippen MR) is 49.4 cm³/mol. The van der Waals surface area contributed by atoms with Crippen LogP contribution in [-0.2, 0) is 4.74 Å². The molecular formula is C8H5ClFNO4. The van der Waals surface area contributed by atoms with Crippen molar-refractivity contribution in [2.24, 2.45) is 0 Å². The van der Waals surface area contributed by atoms with Gasteiger partial charge in [0.1, 0.15) is 16.4 Å². The van der Waals surface area contributed by atoms with Gasteiger partial charge in [-0.25, -0.2) is 9.18 Å². The van der Waals surface area contributed by atoms with Crippen molar-refractivity contribution in [3.63, 3.8) is 0 Å². The summed E-state index contributed by atoms with van der Waals surface area (Å²) >= 11 is 5.50. The number of nitro benzene ring substituents is 1.